The van der Waals surface area contributed by atoms with Crippen molar-refractivity contribution in [1.29, 1.82) is 0 Å². The SMILES string of the molecule is CNCc1cccc(Cl)c1N(C)CC1(O)CCCC1. The average molecular weight is 283 g/mol. The topological polar surface area (TPSA) is 35.5 Å². The highest BCUT2D eigenvalue weighted by Gasteiger charge is 2.33. The number of hydrogen-bond acceptors (Lipinski definition) is 3. The van der Waals surface area contributed by atoms with E-state index in [-0.39, 0.29) is 0 Å². The molecule has 1 aromatic carbocycles. The van der Waals surface area contributed by atoms with Crippen molar-refractivity contribution in [3.63, 3.8) is 0 Å². The third-order valence-electron chi connectivity index (χ3n) is 3.89. The first-order valence-corrected chi connectivity index (χ1v) is 7.29. The van der Waals surface area contributed by atoms with Gasteiger partial charge >= 0.3 is 0 Å². The van der Waals surface area contributed by atoms with E-state index in [2.05, 4.69) is 16.3 Å². The van der Waals surface area contributed by atoms with Crippen LogP contribution in [-0.4, -0.2) is 31.3 Å². The average Bonchev–Trinajstić information content (AvgIpc) is 2.76. The fourth-order valence-electron chi connectivity index (χ4n) is 3.03. The maximum absolute atomic E-state index is 10.5. The predicted octanol–water partition coefficient (Wildman–Crippen LogP) is 2.80. The van der Waals surface area contributed by atoms with Gasteiger partial charge in [0.05, 0.1) is 16.3 Å². The molecule has 1 saturated carbocycles. The zero-order chi connectivity index (χ0) is 13.9. The molecule has 19 heavy (non-hydrogen) atoms. The Morgan fingerprint density at radius 3 is 2.68 bits per heavy atom. The minimum Gasteiger partial charge on any atom is -0.388 e. The van der Waals surface area contributed by atoms with E-state index in [0.717, 1.165) is 42.9 Å². The quantitative estimate of drug-likeness (QED) is 0.872. The van der Waals surface area contributed by atoms with Crippen molar-refractivity contribution < 1.29 is 5.11 Å². The van der Waals surface area contributed by atoms with Crippen LogP contribution < -0.4 is 10.2 Å². The molecule has 0 bridgehead atoms. The summed E-state index contributed by atoms with van der Waals surface area (Å²) >= 11 is 6.34. The van der Waals surface area contributed by atoms with Crippen molar-refractivity contribution in [1.82, 2.24) is 5.32 Å². The second kappa shape index (κ2) is 6.12. The maximum Gasteiger partial charge on any atom is 0.0821 e. The molecule has 3 nitrogen and oxygen atoms in total. The van der Waals surface area contributed by atoms with E-state index in [1.807, 2.05) is 26.2 Å². The molecule has 0 amide bonds. The van der Waals surface area contributed by atoms with Gasteiger partial charge in [0.2, 0.25) is 0 Å². The van der Waals surface area contributed by atoms with Crippen LogP contribution in [0.1, 0.15) is 31.2 Å². The van der Waals surface area contributed by atoms with E-state index in [0.29, 0.717) is 6.54 Å². The Balaban J connectivity index is 2.20. The maximum atomic E-state index is 10.5. The Labute approximate surface area is 120 Å². The molecule has 1 aliphatic carbocycles. The number of nitrogens with zero attached hydrogens (tertiary/aromatic N) is 1. The van der Waals surface area contributed by atoms with Crippen molar-refractivity contribution in [3.8, 4) is 0 Å². The molecule has 0 radical (unpaired) electrons. The minimum atomic E-state index is -0.551. The van der Waals surface area contributed by atoms with Crippen molar-refractivity contribution in [3.05, 3.63) is 28.8 Å². The van der Waals surface area contributed by atoms with Gasteiger partial charge in [-0.15, -0.1) is 0 Å². The molecule has 0 aliphatic heterocycles. The van der Waals surface area contributed by atoms with E-state index in [9.17, 15) is 5.11 Å². The zero-order valence-electron chi connectivity index (χ0n) is 11.7. The van der Waals surface area contributed by atoms with Crippen molar-refractivity contribution in [2.75, 3.05) is 25.5 Å². The number of para-hydroxylation sites is 1. The lowest BCUT2D eigenvalue weighted by molar-refractivity contribution is 0.0559. The smallest absolute Gasteiger partial charge is 0.0821 e. The first-order valence-electron chi connectivity index (χ1n) is 6.91. The summed E-state index contributed by atoms with van der Waals surface area (Å²) in [4.78, 5) is 2.10. The van der Waals surface area contributed by atoms with Crippen molar-refractivity contribution in [2.45, 2.75) is 37.8 Å². The molecule has 4 heteroatoms. The van der Waals surface area contributed by atoms with Gasteiger partial charge in [-0.3, -0.25) is 0 Å². The van der Waals surface area contributed by atoms with Gasteiger partial charge in [-0.05, 0) is 31.5 Å². The third-order valence-corrected chi connectivity index (χ3v) is 4.19. The molecule has 1 aromatic rings. The van der Waals surface area contributed by atoms with Crippen LogP contribution in [0.25, 0.3) is 0 Å². The van der Waals surface area contributed by atoms with Crippen LogP contribution in [0.2, 0.25) is 5.02 Å². The summed E-state index contributed by atoms with van der Waals surface area (Å²) in [5, 5.41) is 14.4. The fraction of sp³-hybridized carbons (Fsp3) is 0.600. The van der Waals surface area contributed by atoms with E-state index in [1.54, 1.807) is 0 Å². The van der Waals surface area contributed by atoms with E-state index < -0.39 is 5.60 Å². The fourth-order valence-corrected chi connectivity index (χ4v) is 3.37. The Bertz CT molecular complexity index is 430. The second-order valence-corrected chi connectivity index (χ2v) is 5.97. The number of benzene rings is 1. The summed E-state index contributed by atoms with van der Waals surface area (Å²) in [5.41, 5.74) is 1.64. The van der Waals surface area contributed by atoms with E-state index >= 15 is 0 Å². The molecule has 0 unspecified atom stereocenters. The van der Waals surface area contributed by atoms with E-state index in [4.69, 9.17) is 11.6 Å². The number of nitrogens with one attached hydrogen (secondary N) is 1. The van der Waals surface area contributed by atoms with E-state index in [1.165, 1.54) is 5.56 Å². The molecule has 1 fully saturated rings. The van der Waals surface area contributed by atoms with Crippen LogP contribution in [0.4, 0.5) is 5.69 Å². The van der Waals surface area contributed by atoms with Gasteiger partial charge < -0.3 is 15.3 Å². The molecule has 0 saturated heterocycles. The first kappa shape index (κ1) is 14.6. The molecule has 106 valence electrons. The largest absolute Gasteiger partial charge is 0.388 e. The summed E-state index contributed by atoms with van der Waals surface area (Å²) in [6.07, 6.45) is 4.03. The standard InChI is InChI=1S/C15H23ClN2O/c1-17-10-12-6-5-7-13(16)14(12)18(2)11-15(19)8-3-4-9-15/h5-7,17,19H,3-4,8-11H2,1-2H3. The molecular weight excluding hydrogens is 260 g/mol. The van der Waals surface area contributed by atoms with Crippen LogP contribution >= 0.6 is 11.6 Å². The summed E-state index contributed by atoms with van der Waals surface area (Å²) in [6, 6.07) is 5.95. The molecule has 0 spiro atoms. The minimum absolute atomic E-state index is 0.551. The highest BCUT2D eigenvalue weighted by molar-refractivity contribution is 6.33. The Morgan fingerprint density at radius 1 is 1.37 bits per heavy atom. The summed E-state index contributed by atoms with van der Waals surface area (Å²) < 4.78 is 0. The second-order valence-electron chi connectivity index (χ2n) is 5.57. The molecule has 2 rings (SSSR count). The Kier molecular flexibility index (Phi) is 4.71. The Hall–Kier alpha value is -0.770. The monoisotopic (exact) mass is 282 g/mol. The highest BCUT2D eigenvalue weighted by atomic mass is 35.5. The summed E-state index contributed by atoms with van der Waals surface area (Å²) in [7, 11) is 3.94. The van der Waals surface area contributed by atoms with Crippen LogP contribution in [0.15, 0.2) is 18.2 Å². The van der Waals surface area contributed by atoms with Crippen molar-refractivity contribution >= 4 is 17.3 Å². The normalized spacial score (nSPS) is 17.7. The van der Waals surface area contributed by atoms with Gasteiger partial charge in [0, 0.05) is 20.1 Å². The number of hydrogen-bond donors (Lipinski definition) is 2. The molecule has 2 N–H and O–H groups in total. The number of halogens is 1. The highest BCUT2D eigenvalue weighted by Crippen LogP contribution is 2.34. The van der Waals surface area contributed by atoms with Gasteiger partial charge in [0.15, 0.2) is 0 Å². The first-order chi connectivity index (χ1) is 9.06. The summed E-state index contributed by atoms with van der Waals surface area (Å²) in [6.45, 7) is 1.42. The van der Waals surface area contributed by atoms with Crippen LogP contribution in [0.5, 0.6) is 0 Å². The zero-order valence-corrected chi connectivity index (χ0v) is 12.5. The molecule has 1 aliphatic rings. The predicted molar refractivity (Wildman–Crippen MR) is 80.9 cm³/mol. The van der Waals surface area contributed by atoms with Gasteiger partial charge in [-0.25, -0.2) is 0 Å². The van der Waals surface area contributed by atoms with Gasteiger partial charge in [-0.2, -0.15) is 0 Å². The van der Waals surface area contributed by atoms with Crippen molar-refractivity contribution in [2.24, 2.45) is 0 Å². The van der Waals surface area contributed by atoms with Crippen LogP contribution in [0, 0.1) is 0 Å². The lowest BCUT2D eigenvalue weighted by Crippen LogP contribution is -2.39. The van der Waals surface area contributed by atoms with Gasteiger partial charge in [0.25, 0.3) is 0 Å². The summed E-state index contributed by atoms with van der Waals surface area (Å²) in [5.74, 6) is 0. The van der Waals surface area contributed by atoms with Crippen LogP contribution in [0.3, 0.4) is 0 Å². The number of likely N-dealkylation sites (N-methyl/N-ethyl adjacent to an activating group) is 1. The molecule has 0 aromatic heterocycles. The van der Waals surface area contributed by atoms with Gasteiger partial charge in [-0.1, -0.05) is 36.6 Å². The lowest BCUT2D eigenvalue weighted by atomic mass is 10.0. The lowest BCUT2D eigenvalue weighted by Gasteiger charge is -2.32. The molecule has 0 atom stereocenters. The number of rotatable bonds is 5. The molecular formula is C15H23ClN2O. The molecule has 0 heterocycles. The number of anilines is 1. The van der Waals surface area contributed by atoms with Gasteiger partial charge in [0.1, 0.15) is 0 Å². The van der Waals surface area contributed by atoms with Crippen LogP contribution in [-0.2, 0) is 6.54 Å². The third kappa shape index (κ3) is 3.41. The Morgan fingerprint density at radius 2 is 2.05 bits per heavy atom. The number of aliphatic hydroxyl groups is 1.